The number of nitrogens with two attached hydrogens (primary N) is 1. The van der Waals surface area contributed by atoms with Crippen LogP contribution in [0.2, 0.25) is 0 Å². The van der Waals surface area contributed by atoms with Crippen LogP contribution >= 0.6 is 0 Å². The van der Waals surface area contributed by atoms with Gasteiger partial charge in [0.1, 0.15) is 23.7 Å². The first-order valence-corrected chi connectivity index (χ1v) is 11.1. The number of aryl methyl sites for hydroxylation is 1. The summed E-state index contributed by atoms with van der Waals surface area (Å²) in [6.07, 6.45) is 0.509. The first-order valence-electron chi connectivity index (χ1n) is 11.1. The SMILES string of the molecule is C[C@H](NC(=O)[C@@H]1C=C(c2ccc(F)cc2C(F)F)CCN1)C(=O)N[C@@H]1CCc2nc(N)ccc21. The van der Waals surface area contributed by atoms with Crippen LogP contribution in [0.15, 0.2) is 36.4 Å². The molecule has 2 aromatic rings. The van der Waals surface area contributed by atoms with Crippen LogP contribution in [0.25, 0.3) is 5.57 Å². The molecule has 10 heteroatoms. The zero-order valence-corrected chi connectivity index (χ0v) is 18.6. The molecule has 180 valence electrons. The summed E-state index contributed by atoms with van der Waals surface area (Å²) in [7, 11) is 0. The first kappa shape index (κ1) is 23.7. The maximum Gasteiger partial charge on any atom is 0.264 e. The number of nitrogens with zero attached hydrogens (tertiary/aromatic N) is 1. The highest BCUT2D eigenvalue weighted by Gasteiger charge is 2.29. The lowest BCUT2D eigenvalue weighted by molar-refractivity contribution is -0.129. The highest BCUT2D eigenvalue weighted by Crippen LogP contribution is 2.32. The van der Waals surface area contributed by atoms with Crippen molar-refractivity contribution in [1.82, 2.24) is 20.9 Å². The van der Waals surface area contributed by atoms with Crippen LogP contribution in [0, 0.1) is 5.82 Å². The predicted molar refractivity (Wildman–Crippen MR) is 121 cm³/mol. The molecule has 2 heterocycles. The number of carbonyl (C=O) groups is 2. The van der Waals surface area contributed by atoms with Crippen molar-refractivity contribution in [2.24, 2.45) is 0 Å². The number of halogens is 3. The lowest BCUT2D eigenvalue weighted by Gasteiger charge is -2.25. The molecule has 4 rings (SSSR count). The third-order valence-corrected chi connectivity index (χ3v) is 6.15. The van der Waals surface area contributed by atoms with E-state index in [0.29, 0.717) is 37.2 Å². The smallest absolute Gasteiger partial charge is 0.264 e. The van der Waals surface area contributed by atoms with Gasteiger partial charge in [0.25, 0.3) is 6.43 Å². The Balaban J connectivity index is 1.41. The van der Waals surface area contributed by atoms with Gasteiger partial charge < -0.3 is 21.7 Å². The minimum absolute atomic E-state index is 0.208. The average molecular weight is 473 g/mol. The number of hydrogen-bond acceptors (Lipinski definition) is 5. The molecule has 0 saturated carbocycles. The second-order valence-corrected chi connectivity index (χ2v) is 8.51. The van der Waals surface area contributed by atoms with E-state index in [1.165, 1.54) is 6.07 Å². The Hall–Kier alpha value is -3.40. The van der Waals surface area contributed by atoms with E-state index < -0.39 is 35.8 Å². The van der Waals surface area contributed by atoms with Gasteiger partial charge in [-0.15, -0.1) is 0 Å². The van der Waals surface area contributed by atoms with Crippen molar-refractivity contribution >= 4 is 23.2 Å². The number of amides is 2. The minimum atomic E-state index is -2.84. The Labute approximate surface area is 195 Å². The van der Waals surface area contributed by atoms with Crippen LogP contribution in [-0.2, 0) is 16.0 Å². The van der Waals surface area contributed by atoms with Gasteiger partial charge in [-0.1, -0.05) is 18.2 Å². The van der Waals surface area contributed by atoms with E-state index in [-0.39, 0.29) is 17.5 Å². The fourth-order valence-corrected chi connectivity index (χ4v) is 4.40. The van der Waals surface area contributed by atoms with E-state index in [1.54, 1.807) is 19.1 Å². The van der Waals surface area contributed by atoms with Crippen LogP contribution in [-0.4, -0.2) is 35.4 Å². The highest BCUT2D eigenvalue weighted by molar-refractivity contribution is 5.92. The molecule has 7 nitrogen and oxygen atoms in total. The van der Waals surface area contributed by atoms with E-state index >= 15 is 0 Å². The number of nitrogens with one attached hydrogen (secondary N) is 3. The third kappa shape index (κ3) is 5.06. The van der Waals surface area contributed by atoms with Gasteiger partial charge in [0.15, 0.2) is 0 Å². The summed E-state index contributed by atoms with van der Waals surface area (Å²) in [5, 5.41) is 8.62. The standard InChI is InChI=1S/C24H26F3N5O2/c1-12(23(33)32-19-6-5-18-16(19)4-7-21(28)31-18)30-24(34)20-10-13(8-9-29-20)15-3-2-14(25)11-17(15)22(26)27/h2-4,7,10-12,19-20,22,29H,5-6,8-9H2,1H3,(H2,28,31)(H,30,34)(H,32,33)/t12-,19+,20-/m0/s1. The van der Waals surface area contributed by atoms with E-state index in [1.807, 2.05) is 6.07 Å². The Morgan fingerprint density at radius 1 is 1.21 bits per heavy atom. The molecule has 0 unspecified atom stereocenters. The molecule has 1 aromatic heterocycles. The van der Waals surface area contributed by atoms with Crippen LogP contribution in [0.3, 0.4) is 0 Å². The Bertz CT molecular complexity index is 1140. The second-order valence-electron chi connectivity index (χ2n) is 8.51. The number of hydrogen-bond donors (Lipinski definition) is 4. The van der Waals surface area contributed by atoms with Crippen molar-refractivity contribution in [2.75, 3.05) is 12.3 Å². The largest absolute Gasteiger partial charge is 0.384 e. The van der Waals surface area contributed by atoms with Crippen LogP contribution in [0.1, 0.15) is 54.6 Å². The molecule has 2 amide bonds. The molecular formula is C24H26F3N5O2. The molecule has 3 atom stereocenters. The molecule has 0 bridgehead atoms. The van der Waals surface area contributed by atoms with Crippen molar-refractivity contribution in [3.05, 3.63) is 64.6 Å². The summed E-state index contributed by atoms with van der Waals surface area (Å²) in [5.74, 6) is -1.12. The molecule has 1 aliphatic heterocycles. The zero-order chi connectivity index (χ0) is 24.4. The molecule has 1 aliphatic carbocycles. The summed E-state index contributed by atoms with van der Waals surface area (Å²) in [4.78, 5) is 29.8. The van der Waals surface area contributed by atoms with Gasteiger partial charge in [0, 0.05) is 17.8 Å². The number of carbonyl (C=O) groups excluding carboxylic acids is 2. The van der Waals surface area contributed by atoms with Crippen LogP contribution in [0.5, 0.6) is 0 Å². The van der Waals surface area contributed by atoms with Crippen molar-refractivity contribution in [2.45, 2.75) is 50.7 Å². The topological polar surface area (TPSA) is 109 Å². The van der Waals surface area contributed by atoms with Crippen molar-refractivity contribution in [3.63, 3.8) is 0 Å². The third-order valence-electron chi connectivity index (χ3n) is 6.15. The molecule has 0 spiro atoms. The van der Waals surface area contributed by atoms with Gasteiger partial charge in [-0.25, -0.2) is 18.2 Å². The summed E-state index contributed by atoms with van der Waals surface area (Å²) < 4.78 is 40.3. The quantitative estimate of drug-likeness (QED) is 0.516. The highest BCUT2D eigenvalue weighted by atomic mass is 19.3. The monoisotopic (exact) mass is 473 g/mol. The summed E-state index contributed by atoms with van der Waals surface area (Å²) >= 11 is 0. The maximum absolute atomic E-state index is 13.5. The molecule has 34 heavy (non-hydrogen) atoms. The normalized spacial score (nSPS) is 20.4. The lowest BCUT2D eigenvalue weighted by Crippen LogP contribution is -2.52. The molecule has 1 aromatic carbocycles. The summed E-state index contributed by atoms with van der Waals surface area (Å²) in [5.41, 5.74) is 7.83. The van der Waals surface area contributed by atoms with E-state index in [4.69, 9.17) is 5.73 Å². The van der Waals surface area contributed by atoms with E-state index in [0.717, 1.165) is 23.4 Å². The summed E-state index contributed by atoms with van der Waals surface area (Å²) in [6, 6.07) is 4.94. The van der Waals surface area contributed by atoms with Gasteiger partial charge in [0.05, 0.1) is 6.04 Å². The Morgan fingerprint density at radius 3 is 2.76 bits per heavy atom. The molecule has 0 saturated heterocycles. The van der Waals surface area contributed by atoms with Crippen molar-refractivity contribution in [3.8, 4) is 0 Å². The predicted octanol–water partition coefficient (Wildman–Crippen LogP) is 2.79. The second kappa shape index (κ2) is 9.84. The Kier molecular flexibility index (Phi) is 6.87. The number of pyridine rings is 1. The zero-order valence-electron chi connectivity index (χ0n) is 18.6. The van der Waals surface area contributed by atoms with E-state index in [9.17, 15) is 22.8 Å². The first-order chi connectivity index (χ1) is 16.2. The van der Waals surface area contributed by atoms with Gasteiger partial charge in [-0.05, 0) is 61.1 Å². The number of aromatic nitrogens is 1. The number of anilines is 1. The summed E-state index contributed by atoms with van der Waals surface area (Å²) in [6.45, 7) is 1.95. The molecular weight excluding hydrogens is 447 g/mol. The van der Waals surface area contributed by atoms with Crippen LogP contribution < -0.4 is 21.7 Å². The molecule has 2 aliphatic rings. The van der Waals surface area contributed by atoms with Gasteiger partial charge in [-0.3, -0.25) is 9.59 Å². The average Bonchev–Trinajstić information content (AvgIpc) is 3.20. The van der Waals surface area contributed by atoms with Gasteiger partial charge in [0.2, 0.25) is 11.8 Å². The van der Waals surface area contributed by atoms with Crippen molar-refractivity contribution in [1.29, 1.82) is 0 Å². The molecule has 0 fully saturated rings. The fourth-order valence-electron chi connectivity index (χ4n) is 4.40. The van der Waals surface area contributed by atoms with Crippen LogP contribution in [0.4, 0.5) is 19.0 Å². The maximum atomic E-state index is 13.5. The van der Waals surface area contributed by atoms with Gasteiger partial charge in [-0.2, -0.15) is 0 Å². The molecule has 5 N–H and O–H groups in total. The number of rotatable bonds is 6. The lowest BCUT2D eigenvalue weighted by atomic mass is 9.93. The number of fused-ring (bicyclic) bond motifs is 1. The van der Waals surface area contributed by atoms with Crippen molar-refractivity contribution < 1.29 is 22.8 Å². The fraction of sp³-hybridized carbons (Fsp3) is 0.375. The molecule has 0 radical (unpaired) electrons. The Morgan fingerprint density at radius 2 is 2.00 bits per heavy atom. The number of alkyl halides is 2. The van der Waals surface area contributed by atoms with E-state index in [2.05, 4.69) is 20.9 Å². The number of nitrogen functional groups attached to an aromatic ring is 1. The minimum Gasteiger partial charge on any atom is -0.384 e. The van der Waals surface area contributed by atoms with Gasteiger partial charge >= 0.3 is 0 Å². The number of benzene rings is 1.